The highest BCUT2D eigenvalue weighted by molar-refractivity contribution is 5.62. The van der Waals surface area contributed by atoms with Crippen molar-refractivity contribution in [3.63, 3.8) is 0 Å². The first-order valence-corrected chi connectivity index (χ1v) is 9.31. The van der Waals surface area contributed by atoms with Crippen molar-refractivity contribution in [2.45, 2.75) is 25.3 Å². The number of hydrogen-bond acceptors (Lipinski definition) is 3. The Morgan fingerprint density at radius 3 is 2.35 bits per heavy atom. The zero-order chi connectivity index (χ0) is 17.6. The zero-order valence-electron chi connectivity index (χ0n) is 14.9. The fraction of sp³-hybridized carbons (Fsp3) is 0.261. The SMILES string of the molecule is c1cncc(-c2ccc(Cc3ccc(OC[C@H]4CCCN4)cc3)cc2)c1. The smallest absolute Gasteiger partial charge is 0.119 e. The highest BCUT2D eigenvalue weighted by Gasteiger charge is 2.14. The number of nitrogens with zero attached hydrogens (tertiary/aromatic N) is 1. The summed E-state index contributed by atoms with van der Waals surface area (Å²) in [7, 11) is 0. The Morgan fingerprint density at radius 1 is 0.923 bits per heavy atom. The maximum absolute atomic E-state index is 5.89. The van der Waals surface area contributed by atoms with Gasteiger partial charge < -0.3 is 10.1 Å². The Kier molecular flexibility index (Phi) is 5.27. The molecule has 3 heteroatoms. The maximum Gasteiger partial charge on any atom is 0.119 e. The third kappa shape index (κ3) is 4.30. The summed E-state index contributed by atoms with van der Waals surface area (Å²) in [5.74, 6) is 0.953. The average Bonchev–Trinajstić information content (AvgIpc) is 3.22. The monoisotopic (exact) mass is 344 g/mol. The van der Waals surface area contributed by atoms with E-state index in [0.717, 1.165) is 30.9 Å². The van der Waals surface area contributed by atoms with Gasteiger partial charge in [0.05, 0.1) is 0 Å². The van der Waals surface area contributed by atoms with Gasteiger partial charge in [0, 0.05) is 18.4 Å². The number of pyridine rings is 1. The molecule has 0 radical (unpaired) electrons. The van der Waals surface area contributed by atoms with Crippen LogP contribution >= 0.6 is 0 Å². The van der Waals surface area contributed by atoms with Crippen LogP contribution in [0.5, 0.6) is 5.75 Å². The predicted molar refractivity (Wildman–Crippen MR) is 105 cm³/mol. The molecule has 2 aromatic carbocycles. The van der Waals surface area contributed by atoms with Gasteiger partial charge in [0.25, 0.3) is 0 Å². The van der Waals surface area contributed by atoms with Crippen molar-refractivity contribution in [3.05, 3.63) is 84.2 Å². The summed E-state index contributed by atoms with van der Waals surface area (Å²) in [5.41, 5.74) is 4.95. The lowest BCUT2D eigenvalue weighted by Gasteiger charge is -2.12. The molecule has 1 aliphatic heterocycles. The molecule has 4 rings (SSSR count). The lowest BCUT2D eigenvalue weighted by atomic mass is 10.0. The van der Waals surface area contributed by atoms with E-state index in [-0.39, 0.29) is 0 Å². The second kappa shape index (κ2) is 8.15. The topological polar surface area (TPSA) is 34.1 Å². The Hall–Kier alpha value is -2.65. The molecule has 1 fully saturated rings. The van der Waals surface area contributed by atoms with Gasteiger partial charge in [0.2, 0.25) is 0 Å². The second-order valence-corrected chi connectivity index (χ2v) is 6.86. The molecular weight excluding hydrogens is 320 g/mol. The molecule has 3 nitrogen and oxygen atoms in total. The summed E-state index contributed by atoms with van der Waals surface area (Å²) >= 11 is 0. The van der Waals surface area contributed by atoms with E-state index in [9.17, 15) is 0 Å². The van der Waals surface area contributed by atoms with Gasteiger partial charge in [-0.1, -0.05) is 42.5 Å². The maximum atomic E-state index is 5.89. The van der Waals surface area contributed by atoms with E-state index in [1.807, 2.05) is 12.3 Å². The highest BCUT2D eigenvalue weighted by atomic mass is 16.5. The van der Waals surface area contributed by atoms with E-state index >= 15 is 0 Å². The van der Waals surface area contributed by atoms with Crippen LogP contribution in [-0.2, 0) is 6.42 Å². The summed E-state index contributed by atoms with van der Waals surface area (Å²) in [6, 6.07) is 21.8. The van der Waals surface area contributed by atoms with Gasteiger partial charge in [-0.05, 0) is 66.3 Å². The summed E-state index contributed by atoms with van der Waals surface area (Å²) in [4.78, 5) is 4.18. The molecule has 1 saturated heterocycles. The number of benzene rings is 2. The van der Waals surface area contributed by atoms with Crippen LogP contribution in [0.4, 0.5) is 0 Å². The first-order chi connectivity index (χ1) is 12.9. The third-order valence-corrected chi connectivity index (χ3v) is 4.89. The second-order valence-electron chi connectivity index (χ2n) is 6.86. The highest BCUT2D eigenvalue weighted by Crippen LogP contribution is 2.21. The summed E-state index contributed by atoms with van der Waals surface area (Å²) in [6.07, 6.45) is 7.10. The van der Waals surface area contributed by atoms with Crippen molar-refractivity contribution in [3.8, 4) is 16.9 Å². The van der Waals surface area contributed by atoms with E-state index in [4.69, 9.17) is 4.74 Å². The van der Waals surface area contributed by atoms with Crippen LogP contribution < -0.4 is 10.1 Å². The normalized spacial score (nSPS) is 16.5. The van der Waals surface area contributed by atoms with Gasteiger partial charge in [0.15, 0.2) is 0 Å². The molecule has 2 heterocycles. The van der Waals surface area contributed by atoms with Crippen LogP contribution in [0.2, 0.25) is 0 Å². The standard InChI is InChI=1S/C23H24N2O/c1-3-21(16-24-13-1)20-9-5-18(6-10-20)15-19-7-11-23(12-8-19)26-17-22-4-2-14-25-22/h1,3,5-13,16,22,25H,2,4,14-15,17H2/t22-/m1/s1. The quantitative estimate of drug-likeness (QED) is 0.716. The van der Waals surface area contributed by atoms with Gasteiger partial charge >= 0.3 is 0 Å². The molecule has 1 aliphatic rings. The summed E-state index contributed by atoms with van der Waals surface area (Å²) in [6.45, 7) is 1.88. The number of hydrogen-bond donors (Lipinski definition) is 1. The minimum atomic E-state index is 0.507. The molecule has 1 aromatic heterocycles. The van der Waals surface area contributed by atoms with Crippen LogP contribution in [-0.4, -0.2) is 24.2 Å². The average molecular weight is 344 g/mol. The van der Waals surface area contributed by atoms with Crippen molar-refractivity contribution in [2.75, 3.05) is 13.2 Å². The van der Waals surface area contributed by atoms with E-state index in [1.54, 1.807) is 6.20 Å². The third-order valence-electron chi connectivity index (χ3n) is 4.89. The molecule has 0 saturated carbocycles. The van der Waals surface area contributed by atoms with Gasteiger partial charge in [-0.15, -0.1) is 0 Å². The Labute approximate surface area is 155 Å². The minimum absolute atomic E-state index is 0.507. The van der Waals surface area contributed by atoms with Crippen molar-refractivity contribution in [2.24, 2.45) is 0 Å². The fourth-order valence-electron chi connectivity index (χ4n) is 3.38. The molecule has 26 heavy (non-hydrogen) atoms. The number of nitrogens with one attached hydrogen (secondary N) is 1. The molecule has 3 aromatic rings. The molecule has 0 unspecified atom stereocenters. The van der Waals surface area contributed by atoms with Gasteiger partial charge in [-0.3, -0.25) is 4.98 Å². The van der Waals surface area contributed by atoms with Crippen LogP contribution in [0.1, 0.15) is 24.0 Å². The first kappa shape index (κ1) is 16.8. The number of aromatic nitrogens is 1. The van der Waals surface area contributed by atoms with E-state index < -0.39 is 0 Å². The van der Waals surface area contributed by atoms with E-state index in [1.165, 1.54) is 29.5 Å². The van der Waals surface area contributed by atoms with Gasteiger partial charge in [-0.2, -0.15) is 0 Å². The lowest BCUT2D eigenvalue weighted by molar-refractivity contribution is 0.277. The van der Waals surface area contributed by atoms with Crippen LogP contribution in [0.25, 0.3) is 11.1 Å². The zero-order valence-corrected chi connectivity index (χ0v) is 14.9. The van der Waals surface area contributed by atoms with Crippen molar-refractivity contribution in [1.29, 1.82) is 0 Å². The molecule has 132 valence electrons. The first-order valence-electron chi connectivity index (χ1n) is 9.31. The Balaban J connectivity index is 1.35. The van der Waals surface area contributed by atoms with E-state index in [0.29, 0.717) is 6.04 Å². The minimum Gasteiger partial charge on any atom is -0.492 e. The van der Waals surface area contributed by atoms with Crippen LogP contribution in [0.15, 0.2) is 73.1 Å². The fourth-order valence-corrected chi connectivity index (χ4v) is 3.38. The van der Waals surface area contributed by atoms with Crippen LogP contribution in [0.3, 0.4) is 0 Å². The molecule has 1 N–H and O–H groups in total. The van der Waals surface area contributed by atoms with Crippen molar-refractivity contribution in [1.82, 2.24) is 10.3 Å². The molecular formula is C23H24N2O. The molecule has 0 spiro atoms. The Morgan fingerprint density at radius 2 is 1.69 bits per heavy atom. The largest absolute Gasteiger partial charge is 0.492 e. The van der Waals surface area contributed by atoms with Gasteiger partial charge in [-0.25, -0.2) is 0 Å². The predicted octanol–water partition coefficient (Wildman–Crippen LogP) is 4.47. The van der Waals surface area contributed by atoms with Crippen LogP contribution in [0, 0.1) is 0 Å². The Bertz CT molecular complexity index is 807. The number of ether oxygens (including phenoxy) is 1. The van der Waals surface area contributed by atoms with Crippen molar-refractivity contribution < 1.29 is 4.74 Å². The molecule has 0 amide bonds. The molecule has 1 atom stereocenters. The summed E-state index contributed by atoms with van der Waals surface area (Å²) < 4.78 is 5.89. The van der Waals surface area contributed by atoms with Crippen molar-refractivity contribution >= 4 is 0 Å². The molecule has 0 aliphatic carbocycles. The van der Waals surface area contributed by atoms with E-state index in [2.05, 4.69) is 64.9 Å². The van der Waals surface area contributed by atoms with Gasteiger partial charge in [0.1, 0.15) is 12.4 Å². The summed E-state index contributed by atoms with van der Waals surface area (Å²) in [5, 5.41) is 3.46. The molecule has 0 bridgehead atoms. The lowest BCUT2D eigenvalue weighted by Crippen LogP contribution is -2.28. The number of rotatable bonds is 6.